The van der Waals surface area contributed by atoms with Gasteiger partial charge in [-0.15, -0.1) is 11.3 Å². The van der Waals surface area contributed by atoms with Gasteiger partial charge >= 0.3 is 0 Å². The molecule has 5 nitrogen and oxygen atoms in total. The molecule has 0 aliphatic carbocycles. The second-order valence-electron chi connectivity index (χ2n) is 6.47. The normalized spacial score (nSPS) is 14.7. The Morgan fingerprint density at radius 1 is 1.08 bits per heavy atom. The number of anilines is 2. The number of aryl methyl sites for hydroxylation is 1. The van der Waals surface area contributed by atoms with E-state index in [1.54, 1.807) is 22.7 Å². The van der Waals surface area contributed by atoms with Crippen LogP contribution in [0.3, 0.4) is 0 Å². The number of thiazole rings is 2. The molecule has 1 fully saturated rings. The maximum absolute atomic E-state index is 12.5. The molecule has 1 amide bonds. The number of nitrogens with zero attached hydrogens (tertiary/aromatic N) is 3. The third-order valence-corrected chi connectivity index (χ3v) is 6.62. The van der Waals surface area contributed by atoms with Gasteiger partial charge in [0.15, 0.2) is 5.13 Å². The highest BCUT2D eigenvalue weighted by molar-refractivity contribution is 7.22. The molecule has 0 radical (unpaired) electrons. The average molecular weight is 380 g/mol. The number of para-hydroxylation sites is 1. The molecule has 3 heterocycles. The first-order chi connectivity index (χ1) is 12.7. The SMILES string of the molecule is Cc1nc2cc(NC(=O)C3CN(c4nc5ccccc5s4)C3)ccc2s1. The van der Waals surface area contributed by atoms with E-state index in [4.69, 9.17) is 0 Å². The van der Waals surface area contributed by atoms with Crippen LogP contribution >= 0.6 is 22.7 Å². The van der Waals surface area contributed by atoms with Gasteiger partial charge in [-0.1, -0.05) is 23.5 Å². The molecule has 26 heavy (non-hydrogen) atoms. The quantitative estimate of drug-likeness (QED) is 0.576. The van der Waals surface area contributed by atoms with E-state index in [2.05, 4.69) is 26.3 Å². The van der Waals surface area contributed by atoms with Crippen LogP contribution in [0.15, 0.2) is 42.5 Å². The van der Waals surface area contributed by atoms with Gasteiger partial charge in [0, 0.05) is 18.8 Å². The topological polar surface area (TPSA) is 58.1 Å². The van der Waals surface area contributed by atoms with Gasteiger partial charge < -0.3 is 10.2 Å². The van der Waals surface area contributed by atoms with E-state index >= 15 is 0 Å². The number of hydrogen-bond acceptors (Lipinski definition) is 6. The van der Waals surface area contributed by atoms with E-state index in [9.17, 15) is 4.79 Å². The Bertz CT molecular complexity index is 1090. The fourth-order valence-electron chi connectivity index (χ4n) is 3.16. The first kappa shape index (κ1) is 15.7. The summed E-state index contributed by atoms with van der Waals surface area (Å²) in [7, 11) is 0. The van der Waals surface area contributed by atoms with Gasteiger partial charge in [-0.25, -0.2) is 9.97 Å². The third-order valence-electron chi connectivity index (χ3n) is 4.57. The molecular weight excluding hydrogens is 364 g/mol. The van der Waals surface area contributed by atoms with Crippen LogP contribution in [0.4, 0.5) is 10.8 Å². The predicted octanol–water partition coefficient (Wildman–Crippen LogP) is 4.29. The van der Waals surface area contributed by atoms with E-state index in [0.29, 0.717) is 13.1 Å². The molecule has 1 N–H and O–H groups in total. The number of amides is 1. The first-order valence-corrected chi connectivity index (χ1v) is 10.1. The van der Waals surface area contributed by atoms with Crippen LogP contribution in [0.1, 0.15) is 5.01 Å². The number of carbonyl (C=O) groups is 1. The standard InChI is InChI=1S/C19H16N4OS2/c1-11-20-15-8-13(6-7-17(15)25-11)21-18(24)12-9-23(10-12)19-22-14-4-2-3-5-16(14)26-19/h2-8,12H,9-10H2,1H3,(H,21,24). The van der Waals surface area contributed by atoms with Crippen molar-refractivity contribution in [2.24, 2.45) is 5.92 Å². The summed E-state index contributed by atoms with van der Waals surface area (Å²) in [6.07, 6.45) is 0. The lowest BCUT2D eigenvalue weighted by molar-refractivity contribution is -0.120. The largest absolute Gasteiger partial charge is 0.346 e. The summed E-state index contributed by atoms with van der Waals surface area (Å²) >= 11 is 3.34. The minimum absolute atomic E-state index is 0.00474. The summed E-state index contributed by atoms with van der Waals surface area (Å²) in [5, 5.41) is 5.06. The van der Waals surface area contributed by atoms with Gasteiger partial charge in [0.25, 0.3) is 0 Å². The zero-order valence-electron chi connectivity index (χ0n) is 14.1. The lowest BCUT2D eigenvalue weighted by Gasteiger charge is -2.37. The minimum atomic E-state index is -0.00474. The van der Waals surface area contributed by atoms with E-state index in [0.717, 1.165) is 31.6 Å². The second kappa shape index (κ2) is 6.03. The molecule has 0 bridgehead atoms. The van der Waals surface area contributed by atoms with Crippen LogP contribution in [-0.2, 0) is 4.79 Å². The van der Waals surface area contributed by atoms with Crippen molar-refractivity contribution < 1.29 is 4.79 Å². The molecule has 2 aromatic carbocycles. The Kier molecular flexibility index (Phi) is 3.65. The fraction of sp³-hybridized carbons (Fsp3) is 0.211. The summed E-state index contributed by atoms with van der Waals surface area (Å²) in [5.74, 6) is 0.0588. The van der Waals surface area contributed by atoms with Crippen LogP contribution in [-0.4, -0.2) is 29.0 Å². The molecule has 7 heteroatoms. The van der Waals surface area contributed by atoms with Crippen LogP contribution in [0, 0.1) is 12.8 Å². The molecule has 1 saturated heterocycles. The summed E-state index contributed by atoms with van der Waals surface area (Å²) in [4.78, 5) is 23.8. The Hall–Kier alpha value is -2.51. The molecule has 1 aliphatic rings. The number of rotatable bonds is 3. The van der Waals surface area contributed by atoms with Gasteiger partial charge in [-0.2, -0.15) is 0 Å². The lowest BCUT2D eigenvalue weighted by atomic mass is 10.00. The number of benzene rings is 2. The highest BCUT2D eigenvalue weighted by atomic mass is 32.1. The van der Waals surface area contributed by atoms with Crippen molar-refractivity contribution in [3.05, 3.63) is 47.5 Å². The average Bonchev–Trinajstić information content (AvgIpc) is 3.15. The zero-order chi connectivity index (χ0) is 17.7. The maximum atomic E-state index is 12.5. The Morgan fingerprint density at radius 2 is 1.88 bits per heavy atom. The Balaban J connectivity index is 1.25. The lowest BCUT2D eigenvalue weighted by Crippen LogP contribution is -2.52. The van der Waals surface area contributed by atoms with Crippen molar-refractivity contribution in [2.75, 3.05) is 23.3 Å². The number of fused-ring (bicyclic) bond motifs is 2. The molecule has 0 saturated carbocycles. The van der Waals surface area contributed by atoms with Crippen LogP contribution in [0.2, 0.25) is 0 Å². The molecular formula is C19H16N4OS2. The van der Waals surface area contributed by atoms with Gasteiger partial charge in [0.1, 0.15) is 0 Å². The monoisotopic (exact) mass is 380 g/mol. The fourth-order valence-corrected chi connectivity index (χ4v) is 4.95. The zero-order valence-corrected chi connectivity index (χ0v) is 15.7. The van der Waals surface area contributed by atoms with Gasteiger partial charge in [-0.05, 0) is 37.3 Å². The van der Waals surface area contributed by atoms with E-state index in [1.165, 1.54) is 4.70 Å². The summed E-state index contributed by atoms with van der Waals surface area (Å²) in [6, 6.07) is 14.0. The van der Waals surface area contributed by atoms with Crippen molar-refractivity contribution in [1.82, 2.24) is 9.97 Å². The molecule has 4 aromatic rings. The predicted molar refractivity (Wildman–Crippen MR) is 108 cm³/mol. The van der Waals surface area contributed by atoms with Gasteiger partial charge in [0.05, 0.1) is 31.4 Å². The Labute approximate surface area is 158 Å². The molecule has 5 rings (SSSR count). The van der Waals surface area contributed by atoms with Crippen LogP contribution in [0.25, 0.3) is 20.4 Å². The Morgan fingerprint density at radius 3 is 2.73 bits per heavy atom. The number of hydrogen-bond donors (Lipinski definition) is 1. The van der Waals surface area contributed by atoms with Crippen molar-refractivity contribution in [3.8, 4) is 0 Å². The highest BCUT2D eigenvalue weighted by Crippen LogP contribution is 2.33. The molecule has 2 aromatic heterocycles. The summed E-state index contributed by atoms with van der Waals surface area (Å²) < 4.78 is 2.33. The number of aromatic nitrogens is 2. The van der Waals surface area contributed by atoms with Crippen LogP contribution in [0.5, 0.6) is 0 Å². The van der Waals surface area contributed by atoms with E-state index in [1.807, 2.05) is 43.3 Å². The summed E-state index contributed by atoms with van der Waals surface area (Å²) in [5.41, 5.74) is 2.77. The highest BCUT2D eigenvalue weighted by Gasteiger charge is 2.34. The molecule has 130 valence electrons. The van der Waals surface area contributed by atoms with Gasteiger partial charge in [-0.3, -0.25) is 4.79 Å². The smallest absolute Gasteiger partial charge is 0.231 e. The molecule has 0 unspecified atom stereocenters. The van der Waals surface area contributed by atoms with Gasteiger partial charge in [0.2, 0.25) is 5.91 Å². The number of carbonyl (C=O) groups excluding carboxylic acids is 1. The van der Waals surface area contributed by atoms with E-state index in [-0.39, 0.29) is 11.8 Å². The molecule has 1 aliphatic heterocycles. The second-order valence-corrected chi connectivity index (χ2v) is 8.71. The molecule has 0 spiro atoms. The third kappa shape index (κ3) is 2.73. The van der Waals surface area contributed by atoms with Crippen molar-refractivity contribution in [1.29, 1.82) is 0 Å². The van der Waals surface area contributed by atoms with Crippen LogP contribution < -0.4 is 10.2 Å². The van der Waals surface area contributed by atoms with Crippen molar-refractivity contribution in [3.63, 3.8) is 0 Å². The van der Waals surface area contributed by atoms with Crippen molar-refractivity contribution in [2.45, 2.75) is 6.92 Å². The van der Waals surface area contributed by atoms with Crippen molar-refractivity contribution >= 4 is 59.8 Å². The molecule has 0 atom stereocenters. The first-order valence-electron chi connectivity index (χ1n) is 8.44. The minimum Gasteiger partial charge on any atom is -0.346 e. The summed E-state index contributed by atoms with van der Waals surface area (Å²) in [6.45, 7) is 3.42. The number of nitrogens with one attached hydrogen (secondary N) is 1. The van der Waals surface area contributed by atoms with E-state index < -0.39 is 0 Å². The maximum Gasteiger partial charge on any atom is 0.231 e.